The van der Waals surface area contributed by atoms with Crippen molar-refractivity contribution in [3.8, 4) is 0 Å². The van der Waals surface area contributed by atoms with Crippen molar-refractivity contribution in [3.63, 3.8) is 0 Å². The fraction of sp³-hybridized carbons (Fsp3) is 0.250. The number of hydrogen-bond acceptors (Lipinski definition) is 3. The van der Waals surface area contributed by atoms with Crippen LogP contribution >= 0.6 is 0 Å². The molecule has 0 bridgehead atoms. The molecule has 1 atom stereocenters. The van der Waals surface area contributed by atoms with E-state index in [4.69, 9.17) is 0 Å². The fourth-order valence-electron chi connectivity index (χ4n) is 1.25. The van der Waals surface area contributed by atoms with Crippen LogP contribution in [0.4, 0.5) is 5.69 Å². The molecule has 1 aliphatic rings. The van der Waals surface area contributed by atoms with Gasteiger partial charge in [0, 0.05) is 12.1 Å². The molecule has 0 aliphatic carbocycles. The predicted molar refractivity (Wildman–Crippen MR) is 43.0 cm³/mol. The van der Waals surface area contributed by atoms with Crippen LogP contribution in [-0.2, 0) is 0 Å². The van der Waals surface area contributed by atoms with Gasteiger partial charge in [-0.05, 0) is 6.07 Å². The summed E-state index contributed by atoms with van der Waals surface area (Å²) in [6.45, 7) is 0.566. The largest absolute Gasteiger partial charge is 0.387 e. The van der Waals surface area contributed by atoms with Crippen LogP contribution in [0.15, 0.2) is 24.3 Å². The van der Waals surface area contributed by atoms with Gasteiger partial charge in [-0.1, -0.05) is 18.2 Å². The maximum Gasteiger partial charge on any atom is 0.0953 e. The number of hydrazine groups is 1. The molecule has 1 aromatic carbocycles. The van der Waals surface area contributed by atoms with Crippen molar-refractivity contribution in [2.24, 2.45) is 0 Å². The Labute approximate surface area is 65.0 Å². The van der Waals surface area contributed by atoms with Crippen LogP contribution in [-0.4, -0.2) is 11.7 Å². The molecule has 3 heteroatoms. The van der Waals surface area contributed by atoms with E-state index in [-0.39, 0.29) is 6.10 Å². The third-order valence-electron chi connectivity index (χ3n) is 1.84. The first kappa shape index (κ1) is 6.64. The van der Waals surface area contributed by atoms with Crippen molar-refractivity contribution < 1.29 is 5.11 Å². The van der Waals surface area contributed by atoms with E-state index in [2.05, 4.69) is 10.9 Å². The number of fused-ring (bicyclic) bond motifs is 1. The van der Waals surface area contributed by atoms with E-state index in [9.17, 15) is 5.11 Å². The van der Waals surface area contributed by atoms with E-state index in [0.717, 1.165) is 11.3 Å². The summed E-state index contributed by atoms with van der Waals surface area (Å²) >= 11 is 0. The van der Waals surface area contributed by atoms with Crippen LogP contribution in [0.5, 0.6) is 0 Å². The molecule has 3 N–H and O–H groups in total. The van der Waals surface area contributed by atoms with Crippen molar-refractivity contribution in [2.75, 3.05) is 12.0 Å². The Hall–Kier alpha value is -1.06. The summed E-state index contributed by atoms with van der Waals surface area (Å²) in [6.07, 6.45) is -0.382. The SMILES string of the molecule is OC1CNNc2ccccc21. The second-order valence-corrected chi connectivity index (χ2v) is 2.61. The second kappa shape index (κ2) is 2.53. The Morgan fingerprint density at radius 3 is 3.00 bits per heavy atom. The molecule has 0 fully saturated rings. The Balaban J connectivity index is 2.44. The van der Waals surface area contributed by atoms with Gasteiger partial charge in [-0.25, -0.2) is 5.43 Å². The summed E-state index contributed by atoms with van der Waals surface area (Å²) in [5, 5.41) is 9.46. The molecule has 1 unspecified atom stereocenters. The molecular weight excluding hydrogens is 140 g/mol. The summed E-state index contributed by atoms with van der Waals surface area (Å²) in [6, 6.07) is 7.72. The lowest BCUT2D eigenvalue weighted by atomic mass is 10.1. The van der Waals surface area contributed by atoms with Gasteiger partial charge in [0.2, 0.25) is 0 Å². The summed E-state index contributed by atoms with van der Waals surface area (Å²) in [4.78, 5) is 0. The summed E-state index contributed by atoms with van der Waals surface area (Å²) < 4.78 is 0. The normalized spacial score (nSPS) is 22.1. The van der Waals surface area contributed by atoms with Crippen molar-refractivity contribution in [1.82, 2.24) is 5.43 Å². The second-order valence-electron chi connectivity index (χ2n) is 2.61. The lowest BCUT2D eigenvalue weighted by Crippen LogP contribution is -2.32. The highest BCUT2D eigenvalue weighted by molar-refractivity contribution is 5.52. The quantitative estimate of drug-likeness (QED) is 0.508. The van der Waals surface area contributed by atoms with Crippen LogP contribution < -0.4 is 10.9 Å². The Morgan fingerprint density at radius 2 is 2.18 bits per heavy atom. The van der Waals surface area contributed by atoms with Gasteiger partial charge in [0.15, 0.2) is 0 Å². The number of para-hydroxylation sites is 1. The highest BCUT2D eigenvalue weighted by atomic mass is 16.3. The van der Waals surface area contributed by atoms with Crippen molar-refractivity contribution in [3.05, 3.63) is 29.8 Å². The lowest BCUT2D eigenvalue weighted by Gasteiger charge is -2.23. The van der Waals surface area contributed by atoms with E-state index < -0.39 is 0 Å². The number of β-amino-alcohol motifs (C(OH)–C–C–N with tert-alkyl or cyclic N) is 1. The average molecular weight is 150 g/mol. The van der Waals surface area contributed by atoms with Gasteiger partial charge in [-0.3, -0.25) is 0 Å². The molecule has 0 spiro atoms. The number of rotatable bonds is 0. The molecular formula is C8H10N2O. The van der Waals surface area contributed by atoms with Gasteiger partial charge >= 0.3 is 0 Å². The molecule has 1 aromatic rings. The minimum absolute atomic E-state index is 0.382. The van der Waals surface area contributed by atoms with Crippen LogP contribution in [0.3, 0.4) is 0 Å². The minimum atomic E-state index is -0.382. The summed E-state index contributed by atoms with van der Waals surface area (Å²) in [5.41, 5.74) is 7.80. The molecule has 1 aliphatic heterocycles. The van der Waals surface area contributed by atoms with E-state index >= 15 is 0 Å². The lowest BCUT2D eigenvalue weighted by molar-refractivity contribution is 0.173. The molecule has 11 heavy (non-hydrogen) atoms. The molecule has 0 aromatic heterocycles. The third kappa shape index (κ3) is 1.08. The van der Waals surface area contributed by atoms with Gasteiger partial charge in [-0.2, -0.15) is 0 Å². The molecule has 0 radical (unpaired) electrons. The van der Waals surface area contributed by atoms with Gasteiger partial charge in [0.25, 0.3) is 0 Å². The van der Waals surface area contributed by atoms with Crippen LogP contribution in [0.2, 0.25) is 0 Å². The highest BCUT2D eigenvalue weighted by Gasteiger charge is 2.15. The monoisotopic (exact) mass is 150 g/mol. The Morgan fingerprint density at radius 1 is 1.36 bits per heavy atom. The summed E-state index contributed by atoms with van der Waals surface area (Å²) in [5.74, 6) is 0. The molecule has 3 nitrogen and oxygen atoms in total. The number of aliphatic hydroxyl groups excluding tert-OH is 1. The first-order valence-electron chi connectivity index (χ1n) is 3.64. The average Bonchev–Trinajstić information content (AvgIpc) is 2.06. The maximum atomic E-state index is 9.46. The highest BCUT2D eigenvalue weighted by Crippen LogP contribution is 2.23. The number of hydrogen-bond donors (Lipinski definition) is 3. The van der Waals surface area contributed by atoms with Crippen molar-refractivity contribution >= 4 is 5.69 Å². The van der Waals surface area contributed by atoms with Gasteiger partial charge in [-0.15, -0.1) is 0 Å². The number of anilines is 1. The molecule has 58 valence electrons. The van der Waals surface area contributed by atoms with E-state index in [1.54, 1.807) is 0 Å². The van der Waals surface area contributed by atoms with Crippen molar-refractivity contribution in [1.29, 1.82) is 0 Å². The first-order chi connectivity index (χ1) is 5.38. The minimum Gasteiger partial charge on any atom is -0.387 e. The maximum absolute atomic E-state index is 9.46. The van der Waals surface area contributed by atoms with Gasteiger partial charge < -0.3 is 10.5 Å². The van der Waals surface area contributed by atoms with Crippen LogP contribution in [0.25, 0.3) is 0 Å². The van der Waals surface area contributed by atoms with Crippen molar-refractivity contribution in [2.45, 2.75) is 6.10 Å². The predicted octanol–water partition coefficient (Wildman–Crippen LogP) is 0.650. The summed E-state index contributed by atoms with van der Waals surface area (Å²) in [7, 11) is 0. The molecule has 2 rings (SSSR count). The van der Waals surface area contributed by atoms with E-state index in [0.29, 0.717) is 6.54 Å². The Bertz CT molecular complexity index is 262. The zero-order chi connectivity index (χ0) is 7.68. The molecule has 0 saturated heterocycles. The van der Waals surface area contributed by atoms with Gasteiger partial charge in [0.05, 0.1) is 11.8 Å². The zero-order valence-electron chi connectivity index (χ0n) is 6.04. The topological polar surface area (TPSA) is 44.3 Å². The molecule has 1 heterocycles. The first-order valence-corrected chi connectivity index (χ1v) is 3.64. The van der Waals surface area contributed by atoms with Gasteiger partial charge in [0.1, 0.15) is 0 Å². The van der Waals surface area contributed by atoms with Crippen LogP contribution in [0.1, 0.15) is 11.7 Å². The molecule has 0 saturated carbocycles. The smallest absolute Gasteiger partial charge is 0.0953 e. The number of benzene rings is 1. The molecule has 0 amide bonds. The number of nitrogens with one attached hydrogen (secondary N) is 2. The Kier molecular flexibility index (Phi) is 1.52. The van der Waals surface area contributed by atoms with E-state index in [1.165, 1.54) is 0 Å². The van der Waals surface area contributed by atoms with E-state index in [1.807, 2.05) is 24.3 Å². The van der Waals surface area contributed by atoms with Crippen LogP contribution in [0, 0.1) is 0 Å². The fourth-order valence-corrected chi connectivity index (χ4v) is 1.25. The zero-order valence-corrected chi connectivity index (χ0v) is 6.04. The standard InChI is InChI=1S/C8H10N2O/c11-8-5-9-10-7-4-2-1-3-6(7)8/h1-4,8-11H,5H2. The number of aliphatic hydroxyl groups is 1. The third-order valence-corrected chi connectivity index (χ3v) is 1.84.